The normalized spacial score (nSPS) is 0. The Morgan fingerprint density at radius 3 is 0.0526 bits per heavy atom. The van der Waals surface area contributed by atoms with Crippen LogP contribution in [0.25, 0.3) is 0 Å². The van der Waals surface area contributed by atoms with Gasteiger partial charge in [0.1, 0.15) is 0 Å². The zero-order valence-corrected chi connectivity index (χ0v) is 114. The SMILES string of the molecule is [H-].[H-].[H-].[H-].[H-].[H-].[H-].[H-].[H-].[H-].[H-].[H-].[H-].[H-].[H-].[H-].[H-].[H-].[H-].[H-].[H-].[H-].[H-].[H-].[H-].[H-].[H-].[H-].[H-].[H-].[H-].[H-].[H-].[H-].[H-].[H-].[H-].[H-].[Na+].[Na+].[Na+].[Na+].[Na+].[Na+].[Na+].[Na+].[Na+].[Na+].[Na+].[Na+].[Na+].[Na+].[Na+].[Na+].[Na+].[Na+].[Na+].[Na+].[Na+].[Na+].[Na+].[Na+].[Na+].[Na+].[Na+].[Na+].[Na+].[Na+].[Na+].[Na+].[Na+].[Na+].[Na+].[Na+].[Na+].[Na+]. The maximum Gasteiger partial charge on any atom is 1.00 e. The minimum Gasteiger partial charge on any atom is -1.00 e. The van der Waals surface area contributed by atoms with E-state index < -0.39 is 0 Å². The van der Waals surface area contributed by atoms with Crippen LogP contribution in [0.3, 0.4) is 0 Å². The molecule has 38 heteroatoms. The Labute approximate surface area is 1140 Å². The Balaban J connectivity index is 0. The maximum absolute atomic E-state index is 0. The van der Waals surface area contributed by atoms with Gasteiger partial charge in [0, 0.05) is 0 Å². The summed E-state index contributed by atoms with van der Waals surface area (Å²) in [5.74, 6) is 0. The summed E-state index contributed by atoms with van der Waals surface area (Å²) in [6, 6.07) is 0. The van der Waals surface area contributed by atoms with Crippen molar-refractivity contribution in [2.45, 2.75) is 0 Å². The molecule has 0 unspecified atom stereocenters. The molecule has 0 amide bonds. The maximum atomic E-state index is 0. The van der Waals surface area contributed by atoms with Crippen molar-refractivity contribution in [2.75, 3.05) is 0 Å². The summed E-state index contributed by atoms with van der Waals surface area (Å²) in [6.07, 6.45) is 0. The third-order valence-corrected chi connectivity index (χ3v) is 0. The molecule has 0 aromatic carbocycles. The zero-order chi connectivity index (χ0) is 0. The van der Waals surface area contributed by atoms with Crippen LogP contribution in [-0.4, -0.2) is 0 Å². The first kappa shape index (κ1) is 296. The minimum atomic E-state index is 0. The van der Waals surface area contributed by atoms with Crippen LogP contribution in [0.15, 0.2) is 0 Å². The van der Waals surface area contributed by atoms with Crippen LogP contribution in [0.1, 0.15) is 54.2 Å². The van der Waals surface area contributed by atoms with Crippen LogP contribution >= 0.6 is 0 Å². The van der Waals surface area contributed by atoms with Crippen LogP contribution in [0.4, 0.5) is 0 Å². The summed E-state index contributed by atoms with van der Waals surface area (Å²) in [7, 11) is 0. The Morgan fingerprint density at radius 2 is 0.0526 bits per heavy atom. The zero-order valence-electron chi connectivity index (χ0n) is 76.0. The summed E-state index contributed by atoms with van der Waals surface area (Å²) in [4.78, 5) is 0. The van der Waals surface area contributed by atoms with Gasteiger partial charge in [-0.05, 0) is 0 Å². The molecule has 0 aliphatic rings. The van der Waals surface area contributed by atoms with Crippen molar-refractivity contribution in [2.24, 2.45) is 0 Å². The van der Waals surface area contributed by atoms with Gasteiger partial charge in [0.15, 0.2) is 0 Å². The van der Waals surface area contributed by atoms with Crippen LogP contribution in [-0.2, 0) is 0 Å². The molecule has 0 heterocycles. The quantitative estimate of drug-likeness (QED) is 0.213. The summed E-state index contributed by atoms with van der Waals surface area (Å²) in [6.45, 7) is 0. The van der Waals surface area contributed by atoms with Crippen molar-refractivity contribution in [3.05, 3.63) is 0 Å². The molecule has 0 aliphatic carbocycles. The van der Waals surface area contributed by atoms with Crippen molar-refractivity contribution in [1.29, 1.82) is 0 Å². The van der Waals surface area contributed by atoms with Crippen LogP contribution in [0.2, 0.25) is 0 Å². The number of hydrogen-bond donors (Lipinski definition) is 0. The number of rotatable bonds is 0. The molecule has 0 rings (SSSR count). The van der Waals surface area contributed by atoms with Gasteiger partial charge in [-0.15, -0.1) is 0 Å². The molecule has 0 aliphatic heterocycles. The third kappa shape index (κ3) is 273. The average Bonchev–Trinajstić information content (AvgIpc) is 0. The van der Waals surface area contributed by atoms with E-state index in [-0.39, 0.29) is 1180 Å². The van der Waals surface area contributed by atoms with Crippen molar-refractivity contribution in [3.8, 4) is 0 Å². The van der Waals surface area contributed by atoms with Crippen molar-refractivity contribution in [3.63, 3.8) is 0 Å². The molecule has 0 saturated carbocycles. The van der Waals surface area contributed by atoms with E-state index in [4.69, 9.17) is 0 Å². The fourth-order valence-electron chi connectivity index (χ4n) is 0. The average molecular weight is 912 g/mol. The van der Waals surface area contributed by atoms with Gasteiger partial charge in [-0.3, -0.25) is 0 Å². The second-order valence-corrected chi connectivity index (χ2v) is 0. The monoisotopic (exact) mass is 912 g/mol. The summed E-state index contributed by atoms with van der Waals surface area (Å²) in [5.41, 5.74) is 0. The van der Waals surface area contributed by atoms with Crippen LogP contribution in [0.5, 0.6) is 0 Å². The van der Waals surface area contributed by atoms with Crippen molar-refractivity contribution >= 4 is 0 Å². The van der Waals surface area contributed by atoms with Gasteiger partial charge in [0.25, 0.3) is 0 Å². The molecule has 0 spiro atoms. The molecule has 76 valence electrons. The number of hydrogen-bond acceptors (Lipinski definition) is 0. The first-order valence-corrected chi connectivity index (χ1v) is 0. The molecule has 0 aromatic rings. The van der Waals surface area contributed by atoms with Gasteiger partial charge in [-0.25, -0.2) is 0 Å². The Kier molecular flexibility index (Phi) is 2220. The fraction of sp³-hybridized carbons (Fsp3) is 0. The van der Waals surface area contributed by atoms with E-state index in [9.17, 15) is 0 Å². The van der Waals surface area contributed by atoms with Crippen molar-refractivity contribution in [1.82, 2.24) is 0 Å². The van der Waals surface area contributed by atoms with E-state index in [0.29, 0.717) is 0 Å². The summed E-state index contributed by atoms with van der Waals surface area (Å²) >= 11 is 0. The molecular formula is H38Na38. The van der Waals surface area contributed by atoms with Gasteiger partial charge in [-0.1, -0.05) is 0 Å². The largest absolute Gasteiger partial charge is 1.00 e. The Hall–Kier alpha value is 38.0. The Morgan fingerprint density at radius 1 is 0.0526 bits per heavy atom. The molecule has 0 radical (unpaired) electrons. The smallest absolute Gasteiger partial charge is 1.00 e. The molecule has 0 N–H and O–H groups in total. The summed E-state index contributed by atoms with van der Waals surface area (Å²) in [5, 5.41) is 0. The van der Waals surface area contributed by atoms with E-state index in [0.717, 1.165) is 0 Å². The van der Waals surface area contributed by atoms with Gasteiger partial charge in [0.2, 0.25) is 0 Å². The minimum absolute atomic E-state index is 0. The molecular weight excluding hydrogens is 874 g/mol. The van der Waals surface area contributed by atoms with Gasteiger partial charge < -0.3 is 54.2 Å². The predicted octanol–water partition coefficient (Wildman–Crippen LogP) is -110. The predicted molar refractivity (Wildman–Crippen MR) is 42.3 cm³/mol. The van der Waals surface area contributed by atoms with Gasteiger partial charge in [-0.2, -0.15) is 0 Å². The molecule has 0 fully saturated rings. The van der Waals surface area contributed by atoms with E-state index >= 15 is 0 Å². The molecule has 38 heavy (non-hydrogen) atoms. The third-order valence-electron chi connectivity index (χ3n) is 0. The fourth-order valence-corrected chi connectivity index (χ4v) is 0. The van der Waals surface area contributed by atoms with Crippen LogP contribution in [0, 0.1) is 0 Å². The second-order valence-electron chi connectivity index (χ2n) is 0. The molecule has 0 atom stereocenters. The molecule has 0 saturated heterocycles. The second kappa shape index (κ2) is 284. The van der Waals surface area contributed by atoms with Gasteiger partial charge >= 0.3 is 1120 Å². The van der Waals surface area contributed by atoms with Gasteiger partial charge in [0.05, 0.1) is 0 Å². The molecule has 0 nitrogen and oxygen atoms in total. The van der Waals surface area contributed by atoms with E-state index in [2.05, 4.69) is 0 Å². The first-order valence-electron chi connectivity index (χ1n) is 0. The van der Waals surface area contributed by atoms with Crippen LogP contribution < -0.4 is 1120 Å². The first-order chi connectivity index (χ1) is 0. The summed E-state index contributed by atoms with van der Waals surface area (Å²) < 4.78 is 0. The molecule has 0 aromatic heterocycles. The Bertz CT molecular complexity index is 76.0. The van der Waals surface area contributed by atoms with E-state index in [1.807, 2.05) is 0 Å². The topological polar surface area (TPSA) is 0 Å². The molecule has 0 bridgehead atoms. The van der Waals surface area contributed by atoms with E-state index in [1.165, 1.54) is 0 Å². The van der Waals surface area contributed by atoms with Crippen molar-refractivity contribution < 1.29 is 1180 Å². The van der Waals surface area contributed by atoms with E-state index in [1.54, 1.807) is 0 Å². The standard InChI is InChI=1S/38Na.38H/q38*+1;38*-1.